The molecule has 0 saturated carbocycles. The van der Waals surface area contributed by atoms with E-state index in [0.717, 1.165) is 0 Å². The SMILES string of the molecule is CC[N+](CC)(OC(=O)CC(=O)O[N+](CC)(CC)C(=O)c1ccccc1)C(=O)c1ccccc1. The number of benzene rings is 2. The molecule has 0 N–H and O–H groups in total. The van der Waals surface area contributed by atoms with Gasteiger partial charge in [0, 0.05) is 0 Å². The van der Waals surface area contributed by atoms with Gasteiger partial charge in [0.15, 0.2) is 6.42 Å². The highest BCUT2D eigenvalue weighted by atomic mass is 16.8. The zero-order valence-electron chi connectivity index (χ0n) is 19.7. The molecule has 2 aromatic carbocycles. The quantitative estimate of drug-likeness (QED) is 0.342. The van der Waals surface area contributed by atoms with Crippen molar-refractivity contribution >= 4 is 23.8 Å². The van der Waals surface area contributed by atoms with Gasteiger partial charge in [-0.2, -0.15) is 0 Å². The van der Waals surface area contributed by atoms with E-state index >= 15 is 0 Å². The lowest BCUT2D eigenvalue weighted by Crippen LogP contribution is -2.55. The number of hydrogen-bond acceptors (Lipinski definition) is 6. The number of hydroxylamine groups is 6. The van der Waals surface area contributed by atoms with Gasteiger partial charge in [0.1, 0.15) is 26.2 Å². The fourth-order valence-corrected chi connectivity index (χ4v) is 3.57. The molecule has 0 aromatic heterocycles. The zero-order chi connectivity index (χ0) is 24.5. The smallest absolute Gasteiger partial charge is 0.268 e. The third-order valence-corrected chi connectivity index (χ3v) is 5.67. The monoisotopic (exact) mass is 456 g/mol. The first-order valence-corrected chi connectivity index (χ1v) is 11.2. The average molecular weight is 457 g/mol. The summed E-state index contributed by atoms with van der Waals surface area (Å²) in [6.45, 7) is 7.69. The molecule has 0 spiro atoms. The number of hydrogen-bond donors (Lipinski definition) is 0. The molecule has 0 aliphatic heterocycles. The van der Waals surface area contributed by atoms with Crippen LogP contribution in [0, 0.1) is 0 Å². The van der Waals surface area contributed by atoms with E-state index in [1.807, 2.05) is 0 Å². The Kier molecular flexibility index (Phi) is 9.02. The summed E-state index contributed by atoms with van der Waals surface area (Å²) in [6, 6.07) is 17.1. The summed E-state index contributed by atoms with van der Waals surface area (Å²) in [4.78, 5) is 62.4. The Labute approximate surface area is 194 Å². The van der Waals surface area contributed by atoms with Crippen molar-refractivity contribution < 1.29 is 38.1 Å². The summed E-state index contributed by atoms with van der Waals surface area (Å²) in [5.41, 5.74) is 0.801. The molecule has 0 atom stereocenters. The maximum absolute atomic E-state index is 13.0. The van der Waals surface area contributed by atoms with E-state index in [9.17, 15) is 19.2 Å². The van der Waals surface area contributed by atoms with E-state index < -0.39 is 27.7 Å². The molecule has 0 radical (unpaired) electrons. The van der Waals surface area contributed by atoms with Crippen LogP contribution in [0.15, 0.2) is 60.7 Å². The minimum Gasteiger partial charge on any atom is -0.268 e. The Morgan fingerprint density at radius 3 is 1.15 bits per heavy atom. The van der Waals surface area contributed by atoms with Crippen LogP contribution in [0.2, 0.25) is 0 Å². The first kappa shape index (κ1) is 25.9. The first-order chi connectivity index (χ1) is 15.8. The lowest BCUT2D eigenvalue weighted by Gasteiger charge is -2.31. The summed E-state index contributed by atoms with van der Waals surface area (Å²) in [5, 5.41) is 0. The normalized spacial score (nSPS) is 11.5. The molecule has 0 heterocycles. The topological polar surface area (TPSA) is 86.7 Å². The maximum atomic E-state index is 13.0. The van der Waals surface area contributed by atoms with Crippen LogP contribution >= 0.6 is 0 Å². The van der Waals surface area contributed by atoms with Crippen molar-refractivity contribution in [3.63, 3.8) is 0 Å². The van der Waals surface area contributed by atoms with Crippen LogP contribution in [0.3, 0.4) is 0 Å². The molecule has 176 valence electrons. The first-order valence-electron chi connectivity index (χ1n) is 11.2. The molecule has 0 aliphatic carbocycles. The number of amides is 2. The molecule has 2 aromatic rings. The van der Waals surface area contributed by atoms with Gasteiger partial charge in [-0.15, -0.1) is 0 Å². The Balaban J connectivity index is 2.15. The molecule has 0 bridgehead atoms. The number of nitrogens with zero attached hydrogens (tertiary/aromatic N) is 2. The van der Waals surface area contributed by atoms with E-state index in [4.69, 9.17) is 9.68 Å². The summed E-state index contributed by atoms with van der Waals surface area (Å²) >= 11 is 0. The second kappa shape index (κ2) is 11.5. The Morgan fingerprint density at radius 2 is 0.879 bits per heavy atom. The van der Waals surface area contributed by atoms with E-state index in [0.29, 0.717) is 11.1 Å². The number of carbonyl (C=O) groups is 4. The third kappa shape index (κ3) is 5.91. The predicted molar refractivity (Wildman–Crippen MR) is 121 cm³/mol. The predicted octanol–water partition coefficient (Wildman–Crippen LogP) is 3.69. The van der Waals surface area contributed by atoms with Gasteiger partial charge in [0.05, 0.1) is 11.1 Å². The molecule has 2 rings (SSSR count). The van der Waals surface area contributed by atoms with Crippen molar-refractivity contribution in [1.82, 2.24) is 0 Å². The second-order valence-corrected chi connectivity index (χ2v) is 7.49. The molecule has 0 unspecified atom stereocenters. The van der Waals surface area contributed by atoms with Gasteiger partial charge in [-0.1, -0.05) is 45.7 Å². The Hall–Kier alpha value is -3.36. The van der Waals surface area contributed by atoms with Gasteiger partial charge < -0.3 is 0 Å². The fourth-order valence-electron chi connectivity index (χ4n) is 3.57. The van der Waals surface area contributed by atoms with Crippen molar-refractivity contribution in [3.8, 4) is 0 Å². The molecule has 33 heavy (non-hydrogen) atoms. The van der Waals surface area contributed by atoms with E-state index in [1.54, 1.807) is 88.4 Å². The van der Waals surface area contributed by atoms with Crippen molar-refractivity contribution in [2.24, 2.45) is 0 Å². The van der Waals surface area contributed by atoms with Gasteiger partial charge in [-0.05, 0) is 52.0 Å². The summed E-state index contributed by atoms with van der Waals surface area (Å²) < 4.78 is -1.17. The Morgan fingerprint density at radius 1 is 0.576 bits per heavy atom. The van der Waals surface area contributed by atoms with Gasteiger partial charge in [-0.3, -0.25) is 9.68 Å². The van der Waals surface area contributed by atoms with Crippen molar-refractivity contribution in [1.29, 1.82) is 0 Å². The second-order valence-electron chi connectivity index (χ2n) is 7.49. The van der Waals surface area contributed by atoms with Crippen LogP contribution in [-0.4, -0.2) is 59.2 Å². The summed E-state index contributed by atoms with van der Waals surface area (Å²) in [7, 11) is 0. The largest absolute Gasteiger partial charge is 0.387 e. The maximum Gasteiger partial charge on any atom is 0.387 e. The van der Waals surface area contributed by atoms with Crippen molar-refractivity contribution in [2.45, 2.75) is 34.1 Å². The lowest BCUT2D eigenvalue weighted by molar-refractivity contribution is -1.02. The minimum atomic E-state index is -0.898. The highest BCUT2D eigenvalue weighted by Gasteiger charge is 2.43. The number of carbonyl (C=O) groups excluding carboxylic acids is 4. The molecule has 2 amide bonds. The van der Waals surface area contributed by atoms with Gasteiger partial charge in [0.25, 0.3) is 0 Å². The van der Waals surface area contributed by atoms with Crippen LogP contribution in [0.4, 0.5) is 0 Å². The minimum absolute atomic E-state index is 0.196. The van der Waals surface area contributed by atoms with Crippen LogP contribution in [0.25, 0.3) is 0 Å². The highest BCUT2D eigenvalue weighted by molar-refractivity contribution is 5.93. The van der Waals surface area contributed by atoms with Gasteiger partial charge >= 0.3 is 23.8 Å². The standard InChI is InChI=1S/C25H32N2O6/c1-5-26(6-2,24(30)20-15-11-9-12-16-20)32-22(28)19-23(29)33-27(7-3,8-4)25(31)21-17-13-10-14-18-21/h9-18H,5-8,19H2,1-4H3/q+2. The van der Waals surface area contributed by atoms with Gasteiger partial charge in [-0.25, -0.2) is 19.2 Å². The number of rotatable bonds is 8. The average Bonchev–Trinajstić information content (AvgIpc) is 2.86. The molecule has 0 fully saturated rings. The van der Waals surface area contributed by atoms with Gasteiger partial charge in [0.2, 0.25) is 0 Å². The van der Waals surface area contributed by atoms with Crippen LogP contribution in [-0.2, 0) is 19.3 Å². The lowest BCUT2D eigenvalue weighted by atomic mass is 10.2. The van der Waals surface area contributed by atoms with E-state index in [-0.39, 0.29) is 38.0 Å². The fraction of sp³-hybridized carbons (Fsp3) is 0.360. The number of quaternary nitrogens is 2. The molecule has 8 nitrogen and oxygen atoms in total. The molecular weight excluding hydrogens is 424 g/mol. The Bertz CT molecular complexity index is 887. The highest BCUT2D eigenvalue weighted by Crippen LogP contribution is 2.19. The van der Waals surface area contributed by atoms with Crippen LogP contribution in [0.5, 0.6) is 0 Å². The molecule has 8 heteroatoms. The van der Waals surface area contributed by atoms with Crippen LogP contribution < -0.4 is 0 Å². The molecular formula is C25H32N2O6+2. The van der Waals surface area contributed by atoms with E-state index in [2.05, 4.69) is 0 Å². The summed E-state index contributed by atoms with van der Waals surface area (Å²) in [5.74, 6) is -2.56. The third-order valence-electron chi connectivity index (χ3n) is 5.67. The van der Waals surface area contributed by atoms with Crippen molar-refractivity contribution in [3.05, 3.63) is 71.8 Å². The zero-order valence-corrected chi connectivity index (χ0v) is 19.7. The van der Waals surface area contributed by atoms with E-state index in [1.165, 1.54) is 0 Å². The molecule has 0 saturated heterocycles. The summed E-state index contributed by atoms with van der Waals surface area (Å²) in [6.07, 6.45) is -0.718. The van der Waals surface area contributed by atoms with Crippen molar-refractivity contribution in [2.75, 3.05) is 26.2 Å². The van der Waals surface area contributed by atoms with Crippen LogP contribution in [0.1, 0.15) is 54.8 Å². The molecule has 0 aliphatic rings.